The normalized spacial score (nSPS) is 10.1. The van der Waals surface area contributed by atoms with Crippen molar-refractivity contribution in [3.8, 4) is 18.1 Å². The van der Waals surface area contributed by atoms with Crippen LogP contribution in [0.3, 0.4) is 0 Å². The van der Waals surface area contributed by atoms with Gasteiger partial charge in [-0.05, 0) is 67.6 Å². The quantitative estimate of drug-likeness (QED) is 0.559. The Morgan fingerprint density at radius 1 is 1.10 bits per heavy atom. The Balaban J connectivity index is 1.69. The molecule has 0 unspecified atom stereocenters. The zero-order valence-electron chi connectivity index (χ0n) is 12.2. The summed E-state index contributed by atoms with van der Waals surface area (Å²) in [6.45, 7) is 2.47. The van der Waals surface area contributed by atoms with Gasteiger partial charge in [-0.3, -0.25) is 0 Å². The SMILES string of the molecule is C#Cc1ccc(OCCCCc2ccc(F)c(C)c2)cc1. The maximum absolute atomic E-state index is 13.2. The maximum atomic E-state index is 13.2. The standard InChI is InChI=1S/C19H19FO/c1-3-16-7-10-18(11-8-16)21-13-5-4-6-17-9-12-19(20)15(2)14-17/h1,7-12,14H,4-6,13H2,2H3. The van der Waals surface area contributed by atoms with Gasteiger partial charge in [0.25, 0.3) is 0 Å². The van der Waals surface area contributed by atoms with E-state index in [2.05, 4.69) is 5.92 Å². The van der Waals surface area contributed by atoms with Crippen molar-refractivity contribution in [1.82, 2.24) is 0 Å². The number of terminal acetylenes is 1. The topological polar surface area (TPSA) is 9.23 Å². The van der Waals surface area contributed by atoms with E-state index >= 15 is 0 Å². The van der Waals surface area contributed by atoms with E-state index in [9.17, 15) is 4.39 Å². The number of halogens is 1. The van der Waals surface area contributed by atoms with Crippen LogP contribution in [0.2, 0.25) is 0 Å². The van der Waals surface area contributed by atoms with Crippen molar-refractivity contribution in [2.75, 3.05) is 6.61 Å². The number of hydrogen-bond donors (Lipinski definition) is 0. The first-order valence-corrected chi connectivity index (χ1v) is 7.13. The van der Waals surface area contributed by atoms with Gasteiger partial charge in [-0.2, -0.15) is 0 Å². The van der Waals surface area contributed by atoms with Crippen LogP contribution < -0.4 is 4.74 Å². The average Bonchev–Trinajstić information content (AvgIpc) is 2.51. The molecule has 0 saturated carbocycles. The Hall–Kier alpha value is -2.27. The smallest absolute Gasteiger partial charge is 0.126 e. The van der Waals surface area contributed by atoms with Crippen LogP contribution in [0, 0.1) is 25.1 Å². The summed E-state index contributed by atoms with van der Waals surface area (Å²) in [7, 11) is 0. The van der Waals surface area contributed by atoms with E-state index < -0.39 is 0 Å². The highest BCUT2D eigenvalue weighted by Gasteiger charge is 2.00. The van der Waals surface area contributed by atoms with Crippen LogP contribution in [-0.2, 0) is 6.42 Å². The fourth-order valence-electron chi connectivity index (χ4n) is 2.13. The van der Waals surface area contributed by atoms with Crippen molar-refractivity contribution in [2.24, 2.45) is 0 Å². The summed E-state index contributed by atoms with van der Waals surface area (Å²) in [4.78, 5) is 0. The Morgan fingerprint density at radius 2 is 1.86 bits per heavy atom. The molecule has 0 bridgehead atoms. The number of unbranched alkanes of at least 4 members (excludes halogenated alkanes) is 1. The highest BCUT2D eigenvalue weighted by atomic mass is 19.1. The highest BCUT2D eigenvalue weighted by Crippen LogP contribution is 2.14. The highest BCUT2D eigenvalue weighted by molar-refractivity contribution is 5.36. The third-order valence-electron chi connectivity index (χ3n) is 3.37. The van der Waals surface area contributed by atoms with Gasteiger partial charge < -0.3 is 4.74 Å². The van der Waals surface area contributed by atoms with Crippen LogP contribution in [0.4, 0.5) is 4.39 Å². The first kappa shape index (κ1) is 15.1. The van der Waals surface area contributed by atoms with Crippen LogP contribution >= 0.6 is 0 Å². The minimum Gasteiger partial charge on any atom is -0.494 e. The predicted octanol–water partition coefficient (Wildman–Crippen LogP) is 4.52. The van der Waals surface area contributed by atoms with Gasteiger partial charge in [0.2, 0.25) is 0 Å². The second kappa shape index (κ2) is 7.50. The fraction of sp³-hybridized carbons (Fsp3) is 0.263. The molecule has 0 aliphatic carbocycles. The van der Waals surface area contributed by atoms with Gasteiger partial charge in [0.15, 0.2) is 0 Å². The second-order valence-corrected chi connectivity index (χ2v) is 5.06. The maximum Gasteiger partial charge on any atom is 0.126 e. The van der Waals surface area contributed by atoms with Crippen molar-refractivity contribution in [3.05, 3.63) is 65.0 Å². The molecule has 2 heteroatoms. The molecule has 0 radical (unpaired) electrons. The minimum atomic E-state index is -0.141. The number of ether oxygens (including phenoxy) is 1. The molecule has 0 fully saturated rings. The van der Waals surface area contributed by atoms with Crippen LogP contribution in [-0.4, -0.2) is 6.61 Å². The molecule has 108 valence electrons. The van der Waals surface area contributed by atoms with Crippen molar-refractivity contribution >= 4 is 0 Å². The predicted molar refractivity (Wildman–Crippen MR) is 83.9 cm³/mol. The lowest BCUT2D eigenvalue weighted by atomic mass is 10.1. The monoisotopic (exact) mass is 282 g/mol. The number of aryl methyl sites for hydroxylation is 2. The van der Waals surface area contributed by atoms with Crippen molar-refractivity contribution < 1.29 is 9.13 Å². The summed E-state index contributed by atoms with van der Waals surface area (Å²) >= 11 is 0. The molecule has 0 aliphatic heterocycles. The Morgan fingerprint density at radius 3 is 2.52 bits per heavy atom. The average molecular weight is 282 g/mol. The largest absolute Gasteiger partial charge is 0.494 e. The van der Waals surface area contributed by atoms with E-state index in [1.165, 1.54) is 11.6 Å². The minimum absolute atomic E-state index is 0.141. The van der Waals surface area contributed by atoms with E-state index in [1.54, 1.807) is 6.92 Å². The molecule has 21 heavy (non-hydrogen) atoms. The molecule has 0 amide bonds. The fourth-order valence-corrected chi connectivity index (χ4v) is 2.13. The van der Waals surface area contributed by atoms with E-state index in [1.807, 2.05) is 36.4 Å². The molecule has 0 heterocycles. The lowest BCUT2D eigenvalue weighted by molar-refractivity contribution is 0.307. The number of rotatable bonds is 6. The van der Waals surface area contributed by atoms with Gasteiger partial charge in [-0.25, -0.2) is 4.39 Å². The number of benzene rings is 2. The lowest BCUT2D eigenvalue weighted by Crippen LogP contribution is -1.98. The Bertz CT molecular complexity index is 623. The Kier molecular flexibility index (Phi) is 5.40. The van der Waals surface area contributed by atoms with Gasteiger partial charge in [0.05, 0.1) is 6.61 Å². The lowest BCUT2D eigenvalue weighted by Gasteiger charge is -2.07. The van der Waals surface area contributed by atoms with E-state index in [0.29, 0.717) is 12.2 Å². The van der Waals surface area contributed by atoms with Crippen molar-refractivity contribution in [2.45, 2.75) is 26.2 Å². The first-order chi connectivity index (χ1) is 10.2. The number of hydrogen-bond acceptors (Lipinski definition) is 1. The van der Waals surface area contributed by atoms with Crippen LogP contribution in [0.15, 0.2) is 42.5 Å². The summed E-state index contributed by atoms with van der Waals surface area (Å²) in [5, 5.41) is 0. The van der Waals surface area contributed by atoms with E-state index in [0.717, 1.165) is 30.6 Å². The van der Waals surface area contributed by atoms with Crippen LogP contribution in [0.1, 0.15) is 29.5 Å². The van der Waals surface area contributed by atoms with Gasteiger partial charge in [-0.15, -0.1) is 6.42 Å². The molecule has 0 spiro atoms. The molecule has 2 rings (SSSR count). The Labute approximate surface area is 125 Å². The molecule has 2 aromatic carbocycles. The molecule has 0 aromatic heterocycles. The van der Waals surface area contributed by atoms with Crippen LogP contribution in [0.25, 0.3) is 0 Å². The van der Waals surface area contributed by atoms with Crippen molar-refractivity contribution in [1.29, 1.82) is 0 Å². The first-order valence-electron chi connectivity index (χ1n) is 7.13. The molecular formula is C19H19FO. The third-order valence-corrected chi connectivity index (χ3v) is 3.37. The molecule has 0 N–H and O–H groups in total. The zero-order valence-corrected chi connectivity index (χ0v) is 12.2. The van der Waals surface area contributed by atoms with Crippen LogP contribution in [0.5, 0.6) is 5.75 Å². The summed E-state index contributed by atoms with van der Waals surface area (Å²) in [5.74, 6) is 3.27. The zero-order chi connectivity index (χ0) is 15.1. The molecule has 2 aromatic rings. The molecule has 0 aliphatic rings. The molecule has 0 saturated heterocycles. The molecular weight excluding hydrogens is 263 g/mol. The van der Waals surface area contributed by atoms with Gasteiger partial charge in [-0.1, -0.05) is 18.1 Å². The van der Waals surface area contributed by atoms with Gasteiger partial charge in [0, 0.05) is 5.56 Å². The summed E-state index contributed by atoms with van der Waals surface area (Å²) in [6.07, 6.45) is 8.23. The molecule has 0 atom stereocenters. The van der Waals surface area contributed by atoms with Crippen molar-refractivity contribution in [3.63, 3.8) is 0 Å². The third kappa shape index (κ3) is 4.65. The summed E-state index contributed by atoms with van der Waals surface area (Å²) in [6, 6.07) is 12.8. The summed E-state index contributed by atoms with van der Waals surface area (Å²) in [5.41, 5.74) is 2.73. The summed E-state index contributed by atoms with van der Waals surface area (Å²) < 4.78 is 18.8. The van der Waals surface area contributed by atoms with E-state index in [4.69, 9.17) is 11.2 Å². The van der Waals surface area contributed by atoms with E-state index in [-0.39, 0.29) is 5.82 Å². The van der Waals surface area contributed by atoms with Gasteiger partial charge >= 0.3 is 0 Å². The second-order valence-electron chi connectivity index (χ2n) is 5.06. The molecule has 1 nitrogen and oxygen atoms in total. The van der Waals surface area contributed by atoms with Gasteiger partial charge in [0.1, 0.15) is 11.6 Å².